The van der Waals surface area contributed by atoms with E-state index < -0.39 is 0 Å². The third kappa shape index (κ3) is 1.28. The van der Waals surface area contributed by atoms with Gasteiger partial charge in [0.25, 0.3) is 0 Å². The number of rotatable bonds is 0. The highest BCUT2D eigenvalue weighted by Crippen LogP contribution is 2.31. The Kier molecular flexibility index (Phi) is 1.92. The number of aromatic hydroxyl groups is 1. The third-order valence-corrected chi connectivity index (χ3v) is 1.70. The lowest BCUT2D eigenvalue weighted by Gasteiger charge is -1.99. The van der Waals surface area contributed by atoms with Gasteiger partial charge in [-0.25, -0.2) is 0 Å². The van der Waals surface area contributed by atoms with Crippen molar-refractivity contribution >= 4 is 28.9 Å². The van der Waals surface area contributed by atoms with Crippen molar-refractivity contribution < 1.29 is 5.11 Å². The van der Waals surface area contributed by atoms with E-state index in [0.29, 0.717) is 10.7 Å². The molecule has 1 aromatic carbocycles. The molecule has 0 spiro atoms. The van der Waals surface area contributed by atoms with E-state index in [1.54, 1.807) is 0 Å². The van der Waals surface area contributed by atoms with Crippen LogP contribution in [-0.2, 0) is 0 Å². The van der Waals surface area contributed by atoms with E-state index in [4.69, 9.17) is 34.0 Å². The molecule has 0 aliphatic carbocycles. The molecule has 0 aliphatic heterocycles. The molecule has 10 heavy (non-hydrogen) atoms. The van der Waals surface area contributed by atoms with Crippen molar-refractivity contribution in [3.63, 3.8) is 0 Å². The summed E-state index contributed by atoms with van der Waals surface area (Å²) in [5, 5.41) is 9.47. The second-order valence-electron chi connectivity index (χ2n) is 1.83. The lowest BCUT2D eigenvalue weighted by Crippen LogP contribution is -1.85. The Bertz CT molecular complexity index is 212. The van der Waals surface area contributed by atoms with Gasteiger partial charge in [-0.1, -0.05) is 23.2 Å². The lowest BCUT2D eigenvalue weighted by molar-refractivity contribution is 0.476. The van der Waals surface area contributed by atoms with Crippen molar-refractivity contribution in [2.24, 2.45) is 0 Å². The van der Waals surface area contributed by atoms with Crippen LogP contribution >= 0.6 is 23.2 Å². The van der Waals surface area contributed by atoms with Crippen molar-refractivity contribution in [3.8, 4) is 5.75 Å². The van der Waals surface area contributed by atoms with Gasteiger partial charge in [0.1, 0.15) is 5.75 Å². The van der Waals surface area contributed by atoms with Crippen LogP contribution in [0.15, 0.2) is 12.1 Å². The fraction of sp³-hybridized carbons (Fsp3) is 0. The molecule has 0 saturated carbocycles. The molecule has 4 heteroatoms. The van der Waals surface area contributed by atoms with Crippen LogP contribution in [0.1, 0.15) is 0 Å². The standard InChI is InChI=1S/C6H5Cl2NO/c7-3-2-6(10)4(8)1-5(3)9/h1-2,10H,9H2. The highest BCUT2D eigenvalue weighted by Gasteiger charge is 2.01. The zero-order valence-electron chi connectivity index (χ0n) is 4.94. The molecule has 0 amide bonds. The van der Waals surface area contributed by atoms with Gasteiger partial charge < -0.3 is 10.8 Å². The minimum absolute atomic E-state index is 0.0548. The predicted molar refractivity (Wildman–Crippen MR) is 42.5 cm³/mol. The van der Waals surface area contributed by atoms with Gasteiger partial charge in [0, 0.05) is 6.07 Å². The molecule has 0 heterocycles. The first-order valence-electron chi connectivity index (χ1n) is 2.54. The van der Waals surface area contributed by atoms with Crippen LogP contribution in [-0.4, -0.2) is 5.11 Å². The van der Waals surface area contributed by atoms with Gasteiger partial charge >= 0.3 is 0 Å². The summed E-state index contributed by atoms with van der Waals surface area (Å²) >= 11 is 11.0. The molecule has 0 saturated heterocycles. The number of nitrogen functional groups attached to an aromatic ring is 1. The van der Waals surface area contributed by atoms with E-state index in [1.807, 2.05) is 0 Å². The molecule has 0 atom stereocenters. The predicted octanol–water partition coefficient (Wildman–Crippen LogP) is 2.28. The highest BCUT2D eigenvalue weighted by atomic mass is 35.5. The van der Waals surface area contributed by atoms with Crippen LogP contribution in [0.2, 0.25) is 10.0 Å². The molecule has 1 rings (SSSR count). The first-order chi connectivity index (χ1) is 4.61. The Morgan fingerprint density at radius 2 is 1.80 bits per heavy atom. The van der Waals surface area contributed by atoms with Gasteiger partial charge in [-0.3, -0.25) is 0 Å². The maximum atomic E-state index is 8.95. The van der Waals surface area contributed by atoms with E-state index in [9.17, 15) is 0 Å². The molecule has 0 aliphatic rings. The third-order valence-electron chi connectivity index (χ3n) is 1.07. The first-order valence-corrected chi connectivity index (χ1v) is 3.30. The van der Waals surface area contributed by atoms with E-state index >= 15 is 0 Å². The lowest BCUT2D eigenvalue weighted by atomic mass is 10.3. The van der Waals surface area contributed by atoms with Crippen LogP contribution in [0.5, 0.6) is 5.75 Å². The number of anilines is 1. The first kappa shape index (κ1) is 7.51. The van der Waals surface area contributed by atoms with Crippen molar-refractivity contribution in [3.05, 3.63) is 22.2 Å². The maximum Gasteiger partial charge on any atom is 0.135 e. The number of hydrogen-bond acceptors (Lipinski definition) is 2. The van der Waals surface area contributed by atoms with Gasteiger partial charge in [-0.2, -0.15) is 0 Å². The average Bonchev–Trinajstić information content (AvgIpc) is 1.84. The van der Waals surface area contributed by atoms with Crippen molar-refractivity contribution in [1.82, 2.24) is 0 Å². The SMILES string of the molecule is Nc1cc(Cl)c(O)cc1Cl. The number of phenols is 1. The Balaban J connectivity index is 3.28. The molecule has 54 valence electrons. The van der Waals surface area contributed by atoms with E-state index in [1.165, 1.54) is 12.1 Å². The smallest absolute Gasteiger partial charge is 0.135 e. The Morgan fingerprint density at radius 3 is 2.30 bits per heavy atom. The summed E-state index contributed by atoms with van der Waals surface area (Å²) in [5.41, 5.74) is 5.73. The van der Waals surface area contributed by atoms with Crippen LogP contribution in [0.25, 0.3) is 0 Å². The summed E-state index contributed by atoms with van der Waals surface area (Å²) in [6, 6.07) is 2.71. The van der Waals surface area contributed by atoms with E-state index in [2.05, 4.69) is 0 Å². The zero-order chi connectivity index (χ0) is 7.72. The Morgan fingerprint density at radius 1 is 1.20 bits per heavy atom. The quantitative estimate of drug-likeness (QED) is 0.472. The minimum Gasteiger partial charge on any atom is -0.506 e. The Labute approximate surface area is 68.2 Å². The molecule has 1 aromatic rings. The van der Waals surface area contributed by atoms with Gasteiger partial charge in [0.05, 0.1) is 15.7 Å². The highest BCUT2D eigenvalue weighted by molar-refractivity contribution is 6.36. The number of phenolic OH excluding ortho intramolecular Hbond substituents is 1. The molecule has 0 fully saturated rings. The molecule has 3 N–H and O–H groups in total. The van der Waals surface area contributed by atoms with Crippen LogP contribution in [0.3, 0.4) is 0 Å². The number of halogens is 2. The van der Waals surface area contributed by atoms with Crippen molar-refractivity contribution in [1.29, 1.82) is 0 Å². The zero-order valence-corrected chi connectivity index (χ0v) is 6.45. The molecule has 0 unspecified atom stereocenters. The van der Waals surface area contributed by atoms with Crippen LogP contribution in [0.4, 0.5) is 5.69 Å². The molecule has 0 radical (unpaired) electrons. The second-order valence-corrected chi connectivity index (χ2v) is 2.64. The van der Waals surface area contributed by atoms with Crippen LogP contribution < -0.4 is 5.73 Å². The summed E-state index contributed by atoms with van der Waals surface area (Å²) in [7, 11) is 0. The van der Waals surface area contributed by atoms with E-state index in [-0.39, 0.29) is 10.8 Å². The van der Waals surface area contributed by atoms with Gasteiger partial charge in [0.15, 0.2) is 0 Å². The number of hydrogen-bond donors (Lipinski definition) is 2. The van der Waals surface area contributed by atoms with Gasteiger partial charge in [-0.15, -0.1) is 0 Å². The molecule has 2 nitrogen and oxygen atoms in total. The largest absolute Gasteiger partial charge is 0.506 e. The van der Waals surface area contributed by atoms with E-state index in [0.717, 1.165) is 0 Å². The van der Waals surface area contributed by atoms with Gasteiger partial charge in [-0.05, 0) is 6.07 Å². The number of benzene rings is 1. The molecule has 0 bridgehead atoms. The topological polar surface area (TPSA) is 46.2 Å². The number of nitrogens with two attached hydrogens (primary N) is 1. The normalized spacial score (nSPS) is 9.80. The summed E-state index contributed by atoms with van der Waals surface area (Å²) < 4.78 is 0. The molecular formula is C6H5Cl2NO. The summed E-state index contributed by atoms with van der Waals surface area (Å²) in [6.45, 7) is 0. The molecular weight excluding hydrogens is 173 g/mol. The summed E-state index contributed by atoms with van der Waals surface area (Å²) in [5.74, 6) is -0.0548. The van der Waals surface area contributed by atoms with Gasteiger partial charge in [0.2, 0.25) is 0 Å². The molecule has 0 aromatic heterocycles. The summed E-state index contributed by atoms with van der Waals surface area (Å²) in [6.07, 6.45) is 0. The minimum atomic E-state index is -0.0548. The fourth-order valence-corrected chi connectivity index (χ4v) is 0.882. The Hall–Kier alpha value is -0.600. The second kappa shape index (κ2) is 2.56. The fourth-order valence-electron chi connectivity index (χ4n) is 0.552. The maximum absolute atomic E-state index is 8.95. The summed E-state index contributed by atoms with van der Waals surface area (Å²) in [4.78, 5) is 0. The van der Waals surface area contributed by atoms with Crippen molar-refractivity contribution in [2.75, 3.05) is 5.73 Å². The van der Waals surface area contributed by atoms with Crippen molar-refractivity contribution in [2.45, 2.75) is 0 Å². The monoisotopic (exact) mass is 177 g/mol. The average molecular weight is 178 g/mol. The van der Waals surface area contributed by atoms with Crippen LogP contribution in [0, 0.1) is 0 Å².